The van der Waals surface area contributed by atoms with Crippen molar-refractivity contribution in [2.24, 2.45) is 0 Å². The molecule has 0 spiro atoms. The highest BCUT2D eigenvalue weighted by Crippen LogP contribution is 1.94. The van der Waals surface area contributed by atoms with Gasteiger partial charge in [-0.05, 0) is 6.92 Å². The summed E-state index contributed by atoms with van der Waals surface area (Å²) in [6.45, 7) is 3.42. The summed E-state index contributed by atoms with van der Waals surface area (Å²) < 4.78 is 5.98. The Hall–Kier alpha value is -1.72. The molecule has 0 atom stereocenters. The van der Waals surface area contributed by atoms with Crippen LogP contribution in [0.3, 0.4) is 0 Å². The van der Waals surface area contributed by atoms with Crippen molar-refractivity contribution in [3.63, 3.8) is 0 Å². The predicted octanol–water partition coefficient (Wildman–Crippen LogP) is 0.0438. The number of Topliss-reactive ketones (excluding diaryl/α,β-unsaturated/α-hetero) is 1. The van der Waals surface area contributed by atoms with Crippen LogP contribution in [0.5, 0.6) is 0 Å². The molecule has 0 saturated heterocycles. The zero-order valence-corrected chi connectivity index (χ0v) is 8.06. The molecule has 76 valence electrons. The first-order valence-electron chi connectivity index (χ1n) is 4.20. The second-order valence-electron chi connectivity index (χ2n) is 2.66. The third-order valence-corrected chi connectivity index (χ3v) is 1.50. The number of ether oxygens (including phenoxy) is 1. The number of esters is 1. The number of carbonyl (C=O) groups excluding carboxylic acids is 2. The number of hydrogen-bond acceptors (Lipinski definition) is 5. The molecule has 6 heteroatoms. The summed E-state index contributed by atoms with van der Waals surface area (Å²) >= 11 is 0. The molecule has 0 amide bonds. The van der Waals surface area contributed by atoms with Gasteiger partial charge >= 0.3 is 5.97 Å². The van der Waals surface area contributed by atoms with E-state index in [1.807, 2.05) is 0 Å². The molecule has 0 aliphatic heterocycles. The molecule has 0 aliphatic rings. The number of carbonyl (C=O) groups is 2. The third-order valence-electron chi connectivity index (χ3n) is 1.50. The Morgan fingerprint density at radius 3 is 2.79 bits per heavy atom. The molecular weight excluding hydrogens is 186 g/mol. The van der Waals surface area contributed by atoms with Crippen LogP contribution in [0, 0.1) is 0 Å². The van der Waals surface area contributed by atoms with Crippen LogP contribution in [0.2, 0.25) is 0 Å². The fourth-order valence-electron chi connectivity index (χ4n) is 0.876. The normalized spacial score (nSPS) is 9.86. The van der Waals surface area contributed by atoms with Crippen LogP contribution < -0.4 is 0 Å². The summed E-state index contributed by atoms with van der Waals surface area (Å²) in [4.78, 5) is 21.8. The summed E-state index contributed by atoms with van der Waals surface area (Å²) in [5, 5.41) is 7.19. The van der Waals surface area contributed by atoms with Crippen LogP contribution >= 0.6 is 0 Å². The molecule has 1 aromatic rings. The number of ketones is 1. The third kappa shape index (κ3) is 2.65. The highest BCUT2D eigenvalue weighted by Gasteiger charge is 2.08. The Morgan fingerprint density at radius 2 is 2.29 bits per heavy atom. The van der Waals surface area contributed by atoms with Gasteiger partial charge in [0, 0.05) is 6.92 Å². The van der Waals surface area contributed by atoms with Crippen molar-refractivity contribution in [3.8, 4) is 0 Å². The largest absolute Gasteiger partial charge is 0.465 e. The van der Waals surface area contributed by atoms with Gasteiger partial charge in [-0.3, -0.25) is 9.59 Å². The molecule has 0 unspecified atom stereocenters. The lowest BCUT2D eigenvalue weighted by molar-refractivity contribution is -0.144. The number of hydrogen-bond donors (Lipinski definition) is 0. The highest BCUT2D eigenvalue weighted by atomic mass is 16.5. The second kappa shape index (κ2) is 4.50. The van der Waals surface area contributed by atoms with E-state index in [0.29, 0.717) is 6.61 Å². The molecular formula is C8H11N3O3. The van der Waals surface area contributed by atoms with Gasteiger partial charge in [0.05, 0.1) is 12.8 Å². The molecule has 14 heavy (non-hydrogen) atoms. The van der Waals surface area contributed by atoms with E-state index < -0.39 is 5.97 Å². The van der Waals surface area contributed by atoms with Gasteiger partial charge < -0.3 is 4.74 Å². The maximum atomic E-state index is 11.0. The lowest BCUT2D eigenvalue weighted by atomic mass is 10.3. The number of aromatic nitrogens is 3. The SMILES string of the molecule is CCOC(=O)Cn1cc(C(C)=O)nn1. The van der Waals surface area contributed by atoms with Gasteiger partial charge in [-0.1, -0.05) is 5.21 Å². The summed E-state index contributed by atoms with van der Waals surface area (Å²) in [6, 6.07) is 0. The Balaban J connectivity index is 2.59. The minimum Gasteiger partial charge on any atom is -0.465 e. The maximum Gasteiger partial charge on any atom is 0.327 e. The van der Waals surface area contributed by atoms with E-state index in [9.17, 15) is 9.59 Å². The fraction of sp³-hybridized carbons (Fsp3) is 0.500. The minimum atomic E-state index is -0.396. The van der Waals surface area contributed by atoms with Gasteiger partial charge in [-0.2, -0.15) is 0 Å². The van der Waals surface area contributed by atoms with Crippen LogP contribution in [0.4, 0.5) is 0 Å². The molecule has 1 heterocycles. The van der Waals surface area contributed by atoms with Gasteiger partial charge in [0.25, 0.3) is 0 Å². The first kappa shape index (κ1) is 10.4. The number of rotatable bonds is 4. The van der Waals surface area contributed by atoms with E-state index in [2.05, 4.69) is 10.3 Å². The Labute approximate surface area is 80.9 Å². The average molecular weight is 197 g/mol. The first-order valence-corrected chi connectivity index (χ1v) is 4.20. The van der Waals surface area contributed by atoms with E-state index in [4.69, 9.17) is 4.74 Å². The van der Waals surface area contributed by atoms with Gasteiger partial charge in [-0.15, -0.1) is 5.10 Å². The van der Waals surface area contributed by atoms with E-state index in [0.717, 1.165) is 0 Å². The Morgan fingerprint density at radius 1 is 1.57 bits per heavy atom. The highest BCUT2D eigenvalue weighted by molar-refractivity contribution is 5.91. The van der Waals surface area contributed by atoms with Crippen molar-refractivity contribution >= 4 is 11.8 Å². The van der Waals surface area contributed by atoms with Crippen molar-refractivity contribution in [1.82, 2.24) is 15.0 Å². The molecule has 6 nitrogen and oxygen atoms in total. The van der Waals surface area contributed by atoms with E-state index in [-0.39, 0.29) is 18.0 Å². The topological polar surface area (TPSA) is 74.1 Å². The Bertz CT molecular complexity index is 345. The van der Waals surface area contributed by atoms with Crippen LogP contribution in [0.25, 0.3) is 0 Å². The lowest BCUT2D eigenvalue weighted by Gasteiger charge is -1.99. The zero-order chi connectivity index (χ0) is 10.6. The van der Waals surface area contributed by atoms with Crippen LogP contribution in [0.15, 0.2) is 6.20 Å². The molecule has 0 N–H and O–H groups in total. The van der Waals surface area contributed by atoms with Crippen LogP contribution in [-0.2, 0) is 16.1 Å². The van der Waals surface area contributed by atoms with E-state index in [1.54, 1.807) is 6.92 Å². The standard InChI is InChI=1S/C8H11N3O3/c1-3-14-8(13)5-11-4-7(6(2)12)9-10-11/h4H,3,5H2,1-2H3. The summed E-state index contributed by atoms with van der Waals surface area (Å²) in [7, 11) is 0. The predicted molar refractivity (Wildman–Crippen MR) is 46.7 cm³/mol. The lowest BCUT2D eigenvalue weighted by Crippen LogP contribution is -2.13. The summed E-state index contributed by atoms with van der Waals surface area (Å²) in [5.74, 6) is -0.576. The molecule has 1 rings (SSSR count). The van der Waals surface area contributed by atoms with Gasteiger partial charge in [0.1, 0.15) is 12.2 Å². The first-order chi connectivity index (χ1) is 6.63. The van der Waals surface area contributed by atoms with Gasteiger partial charge in [-0.25, -0.2) is 4.68 Å². The zero-order valence-electron chi connectivity index (χ0n) is 8.06. The van der Waals surface area contributed by atoms with Crippen molar-refractivity contribution < 1.29 is 14.3 Å². The van der Waals surface area contributed by atoms with Crippen molar-refractivity contribution in [2.45, 2.75) is 20.4 Å². The van der Waals surface area contributed by atoms with Crippen LogP contribution in [-0.4, -0.2) is 33.4 Å². The van der Waals surface area contributed by atoms with Crippen molar-refractivity contribution in [3.05, 3.63) is 11.9 Å². The monoisotopic (exact) mass is 197 g/mol. The summed E-state index contributed by atoms with van der Waals surface area (Å²) in [6.07, 6.45) is 1.42. The molecule has 0 radical (unpaired) electrons. The van der Waals surface area contributed by atoms with Crippen molar-refractivity contribution in [2.75, 3.05) is 6.61 Å². The van der Waals surface area contributed by atoms with E-state index in [1.165, 1.54) is 17.8 Å². The quantitative estimate of drug-likeness (QED) is 0.503. The molecule has 0 fully saturated rings. The molecule has 0 aromatic carbocycles. The second-order valence-corrected chi connectivity index (χ2v) is 2.66. The maximum absolute atomic E-state index is 11.0. The summed E-state index contributed by atoms with van der Waals surface area (Å²) in [5.41, 5.74) is 0.245. The van der Waals surface area contributed by atoms with Crippen molar-refractivity contribution in [1.29, 1.82) is 0 Å². The Kier molecular flexibility index (Phi) is 3.33. The average Bonchev–Trinajstić information content (AvgIpc) is 2.53. The van der Waals surface area contributed by atoms with Gasteiger partial charge in [0.15, 0.2) is 5.78 Å². The molecule has 1 aromatic heterocycles. The minimum absolute atomic E-state index is 0.0197. The van der Waals surface area contributed by atoms with Gasteiger partial charge in [0.2, 0.25) is 0 Å². The van der Waals surface area contributed by atoms with E-state index >= 15 is 0 Å². The fourth-order valence-corrected chi connectivity index (χ4v) is 0.876. The molecule has 0 saturated carbocycles. The van der Waals surface area contributed by atoms with Crippen LogP contribution in [0.1, 0.15) is 24.3 Å². The molecule has 0 bridgehead atoms. The molecule has 0 aliphatic carbocycles. The smallest absolute Gasteiger partial charge is 0.327 e. The number of nitrogens with zero attached hydrogens (tertiary/aromatic N) is 3.